The molecule has 0 aromatic heterocycles. The first-order valence-corrected chi connectivity index (χ1v) is 4.83. The zero-order chi connectivity index (χ0) is 12.6. The first-order valence-electron chi connectivity index (χ1n) is 4.83. The third-order valence-corrected chi connectivity index (χ3v) is 1.18. The molecule has 2 N–H and O–H groups in total. The van der Waals surface area contributed by atoms with Crippen molar-refractivity contribution in [3.8, 4) is 0 Å². The van der Waals surface area contributed by atoms with Crippen LogP contribution in [0.5, 0.6) is 0 Å². The molecule has 0 rings (SSSR count). The maximum Gasteiger partial charge on any atom is 0.408 e. The predicted molar refractivity (Wildman–Crippen MR) is 58.5 cm³/mol. The summed E-state index contributed by atoms with van der Waals surface area (Å²) in [5.74, 6) is -0.465. The Morgan fingerprint density at radius 1 is 1.38 bits per heavy atom. The highest BCUT2D eigenvalue weighted by Crippen LogP contribution is 2.05. The smallest absolute Gasteiger partial charge is 0.408 e. The number of alkyl carbamates (subject to hydrolysis) is 1. The summed E-state index contributed by atoms with van der Waals surface area (Å²) in [7, 11) is 0. The molecule has 2 amide bonds. The van der Waals surface area contributed by atoms with Crippen molar-refractivity contribution in [2.45, 2.75) is 26.4 Å². The SMILES string of the molecule is C=CCONC(=O)CNC(=O)OC(C)(C)C. The molecule has 0 aromatic carbocycles. The van der Waals surface area contributed by atoms with Gasteiger partial charge in [0.05, 0.1) is 6.61 Å². The molecule has 6 nitrogen and oxygen atoms in total. The van der Waals surface area contributed by atoms with Crippen LogP contribution in [0.25, 0.3) is 0 Å². The molecule has 0 bridgehead atoms. The highest BCUT2D eigenvalue weighted by atomic mass is 16.6. The van der Waals surface area contributed by atoms with E-state index in [-0.39, 0.29) is 13.2 Å². The lowest BCUT2D eigenvalue weighted by molar-refractivity contribution is -0.131. The summed E-state index contributed by atoms with van der Waals surface area (Å²) in [4.78, 5) is 26.8. The van der Waals surface area contributed by atoms with E-state index in [1.54, 1.807) is 20.8 Å². The van der Waals surface area contributed by atoms with E-state index in [4.69, 9.17) is 4.74 Å². The average Bonchev–Trinajstić information content (AvgIpc) is 2.12. The van der Waals surface area contributed by atoms with Crippen LogP contribution in [0.15, 0.2) is 12.7 Å². The van der Waals surface area contributed by atoms with E-state index in [0.717, 1.165) is 0 Å². The Morgan fingerprint density at radius 2 is 2.00 bits per heavy atom. The molecule has 0 spiro atoms. The summed E-state index contributed by atoms with van der Waals surface area (Å²) in [6, 6.07) is 0. The second-order valence-electron chi connectivity index (χ2n) is 3.98. The van der Waals surface area contributed by atoms with Crippen molar-refractivity contribution in [2.24, 2.45) is 0 Å². The predicted octanol–water partition coefficient (Wildman–Crippen LogP) is 0.745. The molecule has 0 heterocycles. The van der Waals surface area contributed by atoms with Gasteiger partial charge in [-0.3, -0.25) is 9.63 Å². The van der Waals surface area contributed by atoms with Gasteiger partial charge in [-0.25, -0.2) is 10.3 Å². The molecule has 6 heteroatoms. The second kappa shape index (κ2) is 6.84. The normalized spacial score (nSPS) is 10.4. The zero-order valence-electron chi connectivity index (χ0n) is 9.83. The van der Waals surface area contributed by atoms with Crippen LogP contribution in [-0.4, -0.2) is 30.8 Å². The van der Waals surface area contributed by atoms with E-state index in [9.17, 15) is 9.59 Å². The number of nitrogens with one attached hydrogen (secondary N) is 2. The molecule has 0 aliphatic carbocycles. The highest BCUT2D eigenvalue weighted by molar-refractivity contribution is 5.81. The standard InChI is InChI=1S/C10H18N2O4/c1-5-6-15-12-8(13)7-11-9(14)16-10(2,3)4/h5H,1,6-7H2,2-4H3,(H,11,14)(H,12,13). The van der Waals surface area contributed by atoms with E-state index in [1.807, 2.05) is 0 Å². The first kappa shape index (κ1) is 14.4. The number of carbonyl (C=O) groups excluding carboxylic acids is 2. The van der Waals surface area contributed by atoms with Gasteiger partial charge in [0.25, 0.3) is 5.91 Å². The lowest BCUT2D eigenvalue weighted by atomic mass is 10.2. The van der Waals surface area contributed by atoms with Crippen molar-refractivity contribution in [3.05, 3.63) is 12.7 Å². The molecule has 0 radical (unpaired) electrons. The first-order chi connectivity index (χ1) is 7.35. The van der Waals surface area contributed by atoms with Crippen LogP contribution in [0.4, 0.5) is 4.79 Å². The van der Waals surface area contributed by atoms with Crippen molar-refractivity contribution in [2.75, 3.05) is 13.2 Å². The van der Waals surface area contributed by atoms with E-state index >= 15 is 0 Å². The largest absolute Gasteiger partial charge is 0.444 e. The third-order valence-electron chi connectivity index (χ3n) is 1.18. The van der Waals surface area contributed by atoms with Crippen molar-refractivity contribution in [3.63, 3.8) is 0 Å². The Kier molecular flexibility index (Phi) is 6.17. The minimum Gasteiger partial charge on any atom is -0.444 e. The average molecular weight is 230 g/mol. The monoisotopic (exact) mass is 230 g/mol. The number of hydrogen-bond acceptors (Lipinski definition) is 4. The fraction of sp³-hybridized carbons (Fsp3) is 0.600. The van der Waals surface area contributed by atoms with Crippen LogP contribution < -0.4 is 10.8 Å². The summed E-state index contributed by atoms with van der Waals surface area (Å²) >= 11 is 0. The second-order valence-corrected chi connectivity index (χ2v) is 3.98. The van der Waals surface area contributed by atoms with Crippen LogP contribution in [0, 0.1) is 0 Å². The van der Waals surface area contributed by atoms with Crippen molar-refractivity contribution in [1.82, 2.24) is 10.8 Å². The van der Waals surface area contributed by atoms with Crippen molar-refractivity contribution >= 4 is 12.0 Å². The fourth-order valence-electron chi connectivity index (χ4n) is 0.684. The Balaban J connectivity index is 3.67. The van der Waals surface area contributed by atoms with Gasteiger partial charge in [0.15, 0.2) is 0 Å². The molecule has 0 saturated carbocycles. The number of hydrogen-bond donors (Lipinski definition) is 2. The Hall–Kier alpha value is -1.56. The minimum absolute atomic E-state index is 0.202. The molecule has 0 aliphatic rings. The van der Waals surface area contributed by atoms with Gasteiger partial charge in [0.1, 0.15) is 12.1 Å². The highest BCUT2D eigenvalue weighted by Gasteiger charge is 2.16. The molecule has 92 valence electrons. The molecule has 0 unspecified atom stereocenters. The summed E-state index contributed by atoms with van der Waals surface area (Å²) in [5, 5.41) is 2.29. The van der Waals surface area contributed by atoms with Crippen LogP contribution in [0.1, 0.15) is 20.8 Å². The van der Waals surface area contributed by atoms with Gasteiger partial charge in [-0.2, -0.15) is 0 Å². The van der Waals surface area contributed by atoms with Crippen LogP contribution in [0.3, 0.4) is 0 Å². The number of hydroxylamine groups is 1. The van der Waals surface area contributed by atoms with Crippen LogP contribution in [-0.2, 0) is 14.4 Å². The maximum atomic E-state index is 11.1. The number of carbonyl (C=O) groups is 2. The van der Waals surface area contributed by atoms with E-state index < -0.39 is 17.6 Å². The molecule has 0 saturated heterocycles. The maximum absolute atomic E-state index is 11.1. The van der Waals surface area contributed by atoms with Crippen molar-refractivity contribution in [1.29, 1.82) is 0 Å². The van der Waals surface area contributed by atoms with Crippen LogP contribution >= 0.6 is 0 Å². The lowest BCUT2D eigenvalue weighted by Crippen LogP contribution is -2.39. The van der Waals surface area contributed by atoms with Gasteiger partial charge in [0.2, 0.25) is 0 Å². The minimum atomic E-state index is -0.647. The third kappa shape index (κ3) is 9.01. The Labute approximate surface area is 94.9 Å². The van der Waals surface area contributed by atoms with Crippen LogP contribution in [0.2, 0.25) is 0 Å². The molecule has 0 aliphatic heterocycles. The Morgan fingerprint density at radius 3 is 2.50 bits per heavy atom. The van der Waals surface area contributed by atoms with E-state index in [0.29, 0.717) is 0 Å². The summed E-state index contributed by atoms with van der Waals surface area (Å²) in [6.45, 7) is 8.62. The molecule has 0 atom stereocenters. The fourth-order valence-corrected chi connectivity index (χ4v) is 0.684. The van der Waals surface area contributed by atoms with Gasteiger partial charge in [0, 0.05) is 0 Å². The molecular formula is C10H18N2O4. The summed E-state index contributed by atoms with van der Waals surface area (Å²) in [6.07, 6.45) is 0.841. The van der Waals surface area contributed by atoms with Gasteiger partial charge in [-0.15, -0.1) is 6.58 Å². The molecular weight excluding hydrogens is 212 g/mol. The molecule has 16 heavy (non-hydrogen) atoms. The van der Waals surface area contributed by atoms with E-state index in [1.165, 1.54) is 6.08 Å². The topological polar surface area (TPSA) is 76.7 Å². The number of amides is 2. The van der Waals surface area contributed by atoms with Gasteiger partial charge < -0.3 is 10.1 Å². The zero-order valence-corrected chi connectivity index (χ0v) is 9.83. The van der Waals surface area contributed by atoms with Gasteiger partial charge >= 0.3 is 6.09 Å². The summed E-state index contributed by atoms with van der Waals surface area (Å²) < 4.78 is 4.93. The molecule has 0 fully saturated rings. The quantitative estimate of drug-likeness (QED) is 0.415. The molecule has 0 aromatic rings. The number of rotatable bonds is 5. The van der Waals surface area contributed by atoms with Crippen molar-refractivity contribution < 1.29 is 19.2 Å². The number of ether oxygens (including phenoxy) is 1. The van der Waals surface area contributed by atoms with Gasteiger partial charge in [-0.1, -0.05) is 6.08 Å². The van der Waals surface area contributed by atoms with Gasteiger partial charge in [-0.05, 0) is 20.8 Å². The van der Waals surface area contributed by atoms with E-state index in [2.05, 4.69) is 22.2 Å². The Bertz CT molecular complexity index is 258. The lowest BCUT2D eigenvalue weighted by Gasteiger charge is -2.19. The summed E-state index contributed by atoms with van der Waals surface area (Å²) in [5.41, 5.74) is 1.54.